The number of ether oxygens (including phenoxy) is 1. The minimum atomic E-state index is -0.560. The highest BCUT2D eigenvalue weighted by molar-refractivity contribution is 5.82. The van der Waals surface area contributed by atoms with Crippen molar-refractivity contribution in [3.05, 3.63) is 72.6 Å². The van der Waals surface area contributed by atoms with Crippen LogP contribution in [0.4, 0.5) is 8.78 Å². The van der Waals surface area contributed by atoms with Crippen LogP contribution in [0.3, 0.4) is 0 Å². The van der Waals surface area contributed by atoms with Crippen molar-refractivity contribution in [1.82, 2.24) is 4.98 Å². The number of halogens is 2. The van der Waals surface area contributed by atoms with Crippen LogP contribution in [0.2, 0.25) is 0 Å². The van der Waals surface area contributed by atoms with E-state index in [0.717, 1.165) is 11.1 Å². The highest BCUT2D eigenvalue weighted by Crippen LogP contribution is 2.38. The average molecular weight is 297 g/mol. The lowest BCUT2D eigenvalue weighted by molar-refractivity contribution is 0.418. The van der Waals surface area contributed by atoms with Gasteiger partial charge >= 0.3 is 0 Å². The molecule has 1 aromatic heterocycles. The molecule has 4 heteroatoms. The first-order valence-corrected chi connectivity index (χ1v) is 6.74. The lowest BCUT2D eigenvalue weighted by Gasteiger charge is -2.14. The van der Waals surface area contributed by atoms with E-state index in [1.807, 2.05) is 18.2 Å². The van der Waals surface area contributed by atoms with Crippen LogP contribution in [-0.2, 0) is 0 Å². The predicted molar refractivity (Wildman–Crippen MR) is 81.6 cm³/mol. The van der Waals surface area contributed by atoms with Gasteiger partial charge in [0.05, 0.1) is 7.11 Å². The summed E-state index contributed by atoms with van der Waals surface area (Å²) in [5.41, 5.74) is 2.83. The number of methoxy groups -OCH3 is 1. The van der Waals surface area contributed by atoms with Crippen LogP contribution in [-0.4, -0.2) is 12.1 Å². The maximum absolute atomic E-state index is 13.5. The van der Waals surface area contributed by atoms with E-state index in [2.05, 4.69) is 4.98 Å². The van der Waals surface area contributed by atoms with Crippen LogP contribution < -0.4 is 4.74 Å². The van der Waals surface area contributed by atoms with Gasteiger partial charge in [0.25, 0.3) is 0 Å². The van der Waals surface area contributed by atoms with Gasteiger partial charge in [0.1, 0.15) is 11.6 Å². The minimum absolute atomic E-state index is 0.320. The predicted octanol–water partition coefficient (Wildman–Crippen LogP) is 4.70. The van der Waals surface area contributed by atoms with Crippen LogP contribution >= 0.6 is 0 Å². The second-order valence-electron chi connectivity index (χ2n) is 4.76. The molecule has 0 unspecified atom stereocenters. The van der Waals surface area contributed by atoms with E-state index >= 15 is 0 Å². The fourth-order valence-corrected chi connectivity index (χ4v) is 2.44. The molecule has 22 heavy (non-hydrogen) atoms. The molecule has 3 aromatic rings. The van der Waals surface area contributed by atoms with E-state index < -0.39 is 5.95 Å². The van der Waals surface area contributed by atoms with Crippen molar-refractivity contribution in [3.63, 3.8) is 0 Å². The number of pyridine rings is 1. The van der Waals surface area contributed by atoms with Gasteiger partial charge < -0.3 is 4.74 Å². The van der Waals surface area contributed by atoms with E-state index in [1.54, 1.807) is 25.3 Å². The van der Waals surface area contributed by atoms with Gasteiger partial charge in [0, 0.05) is 23.4 Å². The van der Waals surface area contributed by atoms with Gasteiger partial charge in [-0.2, -0.15) is 4.39 Å². The molecule has 2 aromatic carbocycles. The van der Waals surface area contributed by atoms with Gasteiger partial charge in [-0.3, -0.25) is 0 Å². The SMILES string of the molecule is COc1c(-c2cccc(F)c2)cccc1-c1ccnc(F)c1. The zero-order chi connectivity index (χ0) is 15.5. The number of para-hydroxylation sites is 1. The summed E-state index contributed by atoms with van der Waals surface area (Å²) in [7, 11) is 1.54. The third-order valence-electron chi connectivity index (χ3n) is 3.39. The summed E-state index contributed by atoms with van der Waals surface area (Å²) in [5, 5.41) is 0. The first kappa shape index (κ1) is 14.2. The van der Waals surface area contributed by atoms with E-state index in [9.17, 15) is 8.78 Å². The largest absolute Gasteiger partial charge is 0.495 e. The molecule has 0 bridgehead atoms. The molecule has 2 nitrogen and oxygen atoms in total. The molecule has 0 atom stereocenters. The monoisotopic (exact) mass is 297 g/mol. The molecule has 1 heterocycles. The Kier molecular flexibility index (Phi) is 3.83. The standard InChI is InChI=1S/C18H13F2NO/c1-22-18-15(12-4-2-5-14(19)10-12)6-3-7-16(18)13-8-9-21-17(20)11-13/h2-11H,1H3. The normalized spacial score (nSPS) is 10.5. The van der Waals surface area contributed by atoms with Crippen molar-refractivity contribution in [1.29, 1.82) is 0 Å². The summed E-state index contributed by atoms with van der Waals surface area (Å²) in [5.74, 6) is -0.311. The van der Waals surface area contributed by atoms with Gasteiger partial charge in [-0.25, -0.2) is 9.37 Å². The summed E-state index contributed by atoms with van der Waals surface area (Å²) in [4.78, 5) is 3.56. The second-order valence-corrected chi connectivity index (χ2v) is 4.76. The first-order valence-electron chi connectivity index (χ1n) is 6.74. The van der Waals surface area contributed by atoms with Gasteiger partial charge in [-0.15, -0.1) is 0 Å². The number of aromatic nitrogens is 1. The molecule has 0 radical (unpaired) electrons. The third kappa shape index (κ3) is 2.68. The topological polar surface area (TPSA) is 22.1 Å². The molecule has 110 valence electrons. The number of nitrogens with zero attached hydrogens (tertiary/aromatic N) is 1. The lowest BCUT2D eigenvalue weighted by atomic mass is 9.97. The fourth-order valence-electron chi connectivity index (χ4n) is 2.44. The minimum Gasteiger partial charge on any atom is -0.495 e. The summed E-state index contributed by atoms with van der Waals surface area (Å²) < 4.78 is 32.3. The molecule has 0 amide bonds. The molecule has 0 aliphatic carbocycles. The molecule has 0 spiro atoms. The highest BCUT2D eigenvalue weighted by Gasteiger charge is 2.13. The summed E-state index contributed by atoms with van der Waals surface area (Å²) in [6.07, 6.45) is 1.40. The first-order chi connectivity index (χ1) is 10.7. The van der Waals surface area contributed by atoms with Crippen molar-refractivity contribution in [2.75, 3.05) is 7.11 Å². The van der Waals surface area contributed by atoms with Crippen LogP contribution in [0.5, 0.6) is 5.75 Å². The van der Waals surface area contributed by atoms with E-state index in [1.165, 1.54) is 24.4 Å². The summed E-state index contributed by atoms with van der Waals surface area (Å²) in [6.45, 7) is 0. The number of benzene rings is 2. The highest BCUT2D eigenvalue weighted by atomic mass is 19.1. The second kappa shape index (κ2) is 5.93. The quantitative estimate of drug-likeness (QED) is 0.654. The van der Waals surface area contributed by atoms with Crippen molar-refractivity contribution >= 4 is 0 Å². The molecular formula is C18H13F2NO. The van der Waals surface area contributed by atoms with Crippen molar-refractivity contribution in [3.8, 4) is 28.0 Å². The van der Waals surface area contributed by atoms with Gasteiger partial charge in [0.15, 0.2) is 0 Å². The molecule has 0 saturated carbocycles. The lowest BCUT2D eigenvalue weighted by Crippen LogP contribution is -1.93. The van der Waals surface area contributed by atoms with Crippen molar-refractivity contribution in [2.45, 2.75) is 0 Å². The summed E-state index contributed by atoms with van der Waals surface area (Å²) >= 11 is 0. The van der Waals surface area contributed by atoms with Crippen LogP contribution in [0.15, 0.2) is 60.8 Å². The van der Waals surface area contributed by atoms with Crippen molar-refractivity contribution < 1.29 is 13.5 Å². The molecule has 0 aliphatic rings. The zero-order valence-corrected chi connectivity index (χ0v) is 11.9. The van der Waals surface area contributed by atoms with Crippen LogP contribution in [0.1, 0.15) is 0 Å². The van der Waals surface area contributed by atoms with Gasteiger partial charge in [-0.1, -0.05) is 30.3 Å². The molecule has 0 N–H and O–H groups in total. The Labute approximate surface area is 127 Å². The van der Waals surface area contributed by atoms with E-state index in [-0.39, 0.29) is 5.82 Å². The molecular weight excluding hydrogens is 284 g/mol. The van der Waals surface area contributed by atoms with Crippen LogP contribution in [0, 0.1) is 11.8 Å². The Balaban J connectivity index is 2.20. The average Bonchev–Trinajstić information content (AvgIpc) is 2.54. The van der Waals surface area contributed by atoms with Gasteiger partial charge in [0.2, 0.25) is 5.95 Å². The zero-order valence-electron chi connectivity index (χ0n) is 11.9. The fraction of sp³-hybridized carbons (Fsp3) is 0.0556. The summed E-state index contributed by atoms with van der Waals surface area (Å²) in [6, 6.07) is 14.8. The van der Waals surface area contributed by atoms with E-state index in [0.29, 0.717) is 16.9 Å². The Morgan fingerprint density at radius 1 is 0.864 bits per heavy atom. The third-order valence-corrected chi connectivity index (χ3v) is 3.39. The number of hydrogen-bond acceptors (Lipinski definition) is 2. The maximum Gasteiger partial charge on any atom is 0.213 e. The maximum atomic E-state index is 13.5. The Hall–Kier alpha value is -2.75. The van der Waals surface area contributed by atoms with E-state index in [4.69, 9.17) is 4.74 Å². The van der Waals surface area contributed by atoms with Gasteiger partial charge in [-0.05, 0) is 29.3 Å². The Bertz CT molecular complexity index is 754. The number of hydrogen-bond donors (Lipinski definition) is 0. The molecule has 3 rings (SSSR count). The smallest absolute Gasteiger partial charge is 0.213 e. The molecule has 0 fully saturated rings. The van der Waals surface area contributed by atoms with Crippen molar-refractivity contribution in [2.24, 2.45) is 0 Å². The molecule has 0 saturated heterocycles. The Morgan fingerprint density at radius 2 is 1.55 bits per heavy atom. The Morgan fingerprint density at radius 3 is 2.18 bits per heavy atom. The van der Waals surface area contributed by atoms with Crippen LogP contribution in [0.25, 0.3) is 22.3 Å². The number of rotatable bonds is 3. The molecule has 0 aliphatic heterocycles.